The van der Waals surface area contributed by atoms with Crippen molar-refractivity contribution in [1.82, 2.24) is 15.5 Å². The van der Waals surface area contributed by atoms with Gasteiger partial charge in [0.2, 0.25) is 5.91 Å². The van der Waals surface area contributed by atoms with Crippen molar-refractivity contribution in [2.75, 3.05) is 13.1 Å². The van der Waals surface area contributed by atoms with E-state index in [2.05, 4.69) is 10.6 Å². The molecule has 1 saturated carbocycles. The van der Waals surface area contributed by atoms with Crippen molar-refractivity contribution in [3.8, 4) is 0 Å². The Labute approximate surface area is 130 Å². The zero-order valence-electron chi connectivity index (χ0n) is 12.2. The molecule has 0 aromatic rings. The summed E-state index contributed by atoms with van der Waals surface area (Å²) in [6, 6.07) is -1.25. The highest BCUT2D eigenvalue weighted by molar-refractivity contribution is 6.09. The molecule has 0 aromatic heterocycles. The van der Waals surface area contributed by atoms with E-state index in [1.807, 2.05) is 0 Å². The highest BCUT2D eigenvalue weighted by Crippen LogP contribution is 2.35. The van der Waals surface area contributed by atoms with Gasteiger partial charge in [-0.25, -0.2) is 9.69 Å². The molecule has 2 aliphatic rings. The van der Waals surface area contributed by atoms with Crippen LogP contribution in [0.4, 0.5) is 4.79 Å². The Balaban J connectivity index is 0.00000220. The fourth-order valence-corrected chi connectivity index (χ4v) is 2.89. The van der Waals surface area contributed by atoms with Crippen LogP contribution in [0.15, 0.2) is 0 Å². The molecule has 1 heterocycles. The Kier molecular flexibility index (Phi) is 5.98. The number of amides is 4. The molecule has 0 bridgehead atoms. The second-order valence-electron chi connectivity index (χ2n) is 5.50. The number of nitrogens with two attached hydrogens (primary N) is 1. The van der Waals surface area contributed by atoms with Crippen LogP contribution in [-0.2, 0) is 9.59 Å². The van der Waals surface area contributed by atoms with Crippen LogP contribution in [0.2, 0.25) is 0 Å². The first kappa shape index (κ1) is 17.7. The summed E-state index contributed by atoms with van der Waals surface area (Å²) in [5.74, 6) is -0.585. The number of imide groups is 1. The molecule has 1 spiro atoms. The third-order valence-electron chi connectivity index (χ3n) is 4.10. The molecule has 0 radical (unpaired) electrons. The molecule has 8 heteroatoms. The maximum Gasteiger partial charge on any atom is 0.325 e. The van der Waals surface area contributed by atoms with Crippen molar-refractivity contribution in [2.45, 2.75) is 50.6 Å². The summed E-state index contributed by atoms with van der Waals surface area (Å²) >= 11 is 0. The number of carbonyl (C=O) groups excluding carboxylic acids is 3. The Bertz CT molecular complexity index is 424. The molecular formula is C13H23ClN4O3. The number of carbonyl (C=O) groups is 3. The third kappa shape index (κ3) is 3.29. The van der Waals surface area contributed by atoms with E-state index >= 15 is 0 Å². The summed E-state index contributed by atoms with van der Waals surface area (Å²) in [5, 5.41) is 5.46. The van der Waals surface area contributed by atoms with Crippen molar-refractivity contribution < 1.29 is 14.4 Å². The van der Waals surface area contributed by atoms with Gasteiger partial charge in [-0.05, 0) is 32.7 Å². The predicted molar refractivity (Wildman–Crippen MR) is 80.0 cm³/mol. The smallest absolute Gasteiger partial charge is 0.325 e. The summed E-state index contributed by atoms with van der Waals surface area (Å²) in [4.78, 5) is 37.5. The van der Waals surface area contributed by atoms with Crippen LogP contribution < -0.4 is 16.4 Å². The molecule has 1 aliphatic heterocycles. The third-order valence-corrected chi connectivity index (χ3v) is 4.10. The van der Waals surface area contributed by atoms with Crippen LogP contribution in [0, 0.1) is 0 Å². The van der Waals surface area contributed by atoms with E-state index in [0.717, 1.165) is 17.7 Å². The quantitative estimate of drug-likeness (QED) is 0.495. The Morgan fingerprint density at radius 3 is 2.62 bits per heavy atom. The largest absolute Gasteiger partial charge is 0.354 e. The van der Waals surface area contributed by atoms with Gasteiger partial charge in [0.25, 0.3) is 5.91 Å². The second-order valence-corrected chi connectivity index (χ2v) is 5.50. The van der Waals surface area contributed by atoms with E-state index in [1.54, 1.807) is 6.92 Å². The number of nitrogens with zero attached hydrogens (tertiary/aromatic N) is 1. The van der Waals surface area contributed by atoms with E-state index in [4.69, 9.17) is 5.73 Å². The topological polar surface area (TPSA) is 105 Å². The van der Waals surface area contributed by atoms with Crippen molar-refractivity contribution >= 4 is 30.3 Å². The van der Waals surface area contributed by atoms with Crippen LogP contribution in [-0.4, -0.2) is 47.4 Å². The van der Waals surface area contributed by atoms with E-state index in [0.29, 0.717) is 32.4 Å². The van der Waals surface area contributed by atoms with Gasteiger partial charge < -0.3 is 16.4 Å². The molecule has 1 atom stereocenters. The van der Waals surface area contributed by atoms with Crippen LogP contribution in [0.25, 0.3) is 0 Å². The summed E-state index contributed by atoms with van der Waals surface area (Å²) in [6.45, 7) is 2.51. The number of rotatable bonds is 5. The standard InChI is InChI=1S/C13H22N4O3.ClH/c1-9(10(18)15-8-4-7-14)17-11(19)13(16-12(17)20)5-2-3-6-13;/h9H,2-8,14H2,1H3,(H,15,18)(H,16,20);1H. The highest BCUT2D eigenvalue weighted by Gasteiger charge is 2.54. The highest BCUT2D eigenvalue weighted by atomic mass is 35.5. The maximum atomic E-state index is 12.5. The van der Waals surface area contributed by atoms with Crippen LogP contribution >= 0.6 is 12.4 Å². The Morgan fingerprint density at radius 2 is 2.05 bits per heavy atom. The summed E-state index contributed by atoms with van der Waals surface area (Å²) in [5.41, 5.74) is 4.59. The molecule has 1 unspecified atom stereocenters. The van der Waals surface area contributed by atoms with E-state index in [9.17, 15) is 14.4 Å². The minimum absolute atomic E-state index is 0. The van der Waals surface area contributed by atoms with Gasteiger partial charge in [-0.3, -0.25) is 9.59 Å². The van der Waals surface area contributed by atoms with Crippen LogP contribution in [0.1, 0.15) is 39.0 Å². The fourth-order valence-electron chi connectivity index (χ4n) is 2.89. The van der Waals surface area contributed by atoms with Crippen LogP contribution in [0.3, 0.4) is 0 Å². The average Bonchev–Trinajstić information content (AvgIpc) is 2.96. The summed E-state index contributed by atoms with van der Waals surface area (Å²) in [6.07, 6.45) is 3.85. The first-order chi connectivity index (χ1) is 9.52. The van der Waals surface area contributed by atoms with Crippen molar-refractivity contribution in [1.29, 1.82) is 0 Å². The van der Waals surface area contributed by atoms with Gasteiger partial charge >= 0.3 is 6.03 Å². The lowest BCUT2D eigenvalue weighted by molar-refractivity contribution is -0.137. The molecule has 4 amide bonds. The zero-order valence-corrected chi connectivity index (χ0v) is 13.0. The first-order valence-corrected chi connectivity index (χ1v) is 7.15. The second kappa shape index (κ2) is 7.09. The number of halogens is 1. The van der Waals surface area contributed by atoms with Gasteiger partial charge in [0, 0.05) is 6.54 Å². The molecule has 2 rings (SSSR count). The van der Waals surface area contributed by atoms with E-state index in [1.165, 1.54) is 0 Å². The molecule has 2 fully saturated rings. The molecule has 0 aromatic carbocycles. The molecule has 1 saturated heterocycles. The van der Waals surface area contributed by atoms with Gasteiger partial charge in [0.05, 0.1) is 0 Å². The van der Waals surface area contributed by atoms with Gasteiger partial charge in [-0.15, -0.1) is 12.4 Å². The monoisotopic (exact) mass is 318 g/mol. The van der Waals surface area contributed by atoms with E-state index in [-0.39, 0.29) is 24.2 Å². The molecule has 4 N–H and O–H groups in total. The number of hydrogen-bond donors (Lipinski definition) is 3. The molecule has 7 nitrogen and oxygen atoms in total. The van der Waals surface area contributed by atoms with Crippen molar-refractivity contribution in [2.24, 2.45) is 5.73 Å². The lowest BCUT2D eigenvalue weighted by Crippen LogP contribution is -2.50. The zero-order chi connectivity index (χ0) is 14.8. The number of hydrogen-bond acceptors (Lipinski definition) is 4. The molecular weight excluding hydrogens is 296 g/mol. The summed E-state index contributed by atoms with van der Waals surface area (Å²) < 4.78 is 0. The normalized spacial score (nSPS) is 21.1. The minimum atomic E-state index is -0.791. The average molecular weight is 319 g/mol. The summed E-state index contributed by atoms with van der Waals surface area (Å²) in [7, 11) is 0. The predicted octanol–water partition coefficient (Wildman–Crippen LogP) is 0.126. The van der Waals surface area contributed by atoms with Crippen molar-refractivity contribution in [3.63, 3.8) is 0 Å². The van der Waals surface area contributed by atoms with Gasteiger partial charge in [0.1, 0.15) is 11.6 Å². The molecule has 1 aliphatic carbocycles. The van der Waals surface area contributed by atoms with E-state index < -0.39 is 17.6 Å². The van der Waals surface area contributed by atoms with Crippen LogP contribution in [0.5, 0.6) is 0 Å². The SMILES string of the molecule is CC(C(=O)NCCCN)N1C(=O)NC2(CCCC2)C1=O.Cl. The van der Waals surface area contributed by atoms with Gasteiger partial charge in [-0.2, -0.15) is 0 Å². The molecule has 21 heavy (non-hydrogen) atoms. The van der Waals surface area contributed by atoms with Gasteiger partial charge in [0.15, 0.2) is 0 Å². The molecule has 120 valence electrons. The lowest BCUT2D eigenvalue weighted by Gasteiger charge is -2.23. The number of nitrogens with one attached hydrogen (secondary N) is 2. The Hall–Kier alpha value is -1.34. The van der Waals surface area contributed by atoms with Crippen molar-refractivity contribution in [3.05, 3.63) is 0 Å². The fraction of sp³-hybridized carbons (Fsp3) is 0.769. The lowest BCUT2D eigenvalue weighted by atomic mass is 9.97. The first-order valence-electron chi connectivity index (χ1n) is 7.15. The van der Waals surface area contributed by atoms with Gasteiger partial charge in [-0.1, -0.05) is 12.8 Å². The Morgan fingerprint density at radius 1 is 1.43 bits per heavy atom. The maximum absolute atomic E-state index is 12.5. The number of urea groups is 1. The minimum Gasteiger partial charge on any atom is -0.354 e.